The van der Waals surface area contributed by atoms with Crippen molar-refractivity contribution in [2.45, 2.75) is 124 Å². The molecular formula is C25H44OS. The van der Waals surface area contributed by atoms with Crippen molar-refractivity contribution in [2.75, 3.05) is 0 Å². The maximum absolute atomic E-state index is 10.9. The summed E-state index contributed by atoms with van der Waals surface area (Å²) in [6.45, 7) is 8.88. The molecule has 0 fully saturated rings. The molecule has 0 amide bonds. The summed E-state index contributed by atoms with van der Waals surface area (Å²) < 4.78 is 0. The highest BCUT2D eigenvalue weighted by molar-refractivity contribution is 7.80. The molecule has 0 radical (unpaired) electrons. The Hall–Kier alpha value is -0.630. The number of allylic oxidation sites excluding steroid dienone is 4. The van der Waals surface area contributed by atoms with Gasteiger partial charge in [-0.05, 0) is 55.7 Å². The highest BCUT2D eigenvalue weighted by atomic mass is 32.1. The maximum Gasteiger partial charge on any atom is 0.104 e. The van der Waals surface area contributed by atoms with Crippen molar-refractivity contribution in [1.82, 2.24) is 0 Å². The lowest BCUT2D eigenvalue weighted by Gasteiger charge is -2.29. The zero-order valence-corrected chi connectivity index (χ0v) is 19.4. The average Bonchev–Trinajstić information content (AvgIpc) is 2.66. The summed E-state index contributed by atoms with van der Waals surface area (Å²) in [6, 6.07) is 0. The summed E-state index contributed by atoms with van der Waals surface area (Å²) in [7, 11) is 0. The van der Waals surface area contributed by atoms with Gasteiger partial charge >= 0.3 is 0 Å². The van der Waals surface area contributed by atoms with Crippen molar-refractivity contribution in [2.24, 2.45) is 5.92 Å². The molecule has 27 heavy (non-hydrogen) atoms. The van der Waals surface area contributed by atoms with Crippen LogP contribution < -0.4 is 0 Å². The van der Waals surface area contributed by atoms with Crippen molar-refractivity contribution >= 4 is 17.1 Å². The number of hydrogen-bond donors (Lipinski definition) is 1. The van der Waals surface area contributed by atoms with E-state index in [2.05, 4.69) is 27.7 Å². The van der Waals surface area contributed by atoms with Gasteiger partial charge in [0.1, 0.15) is 5.76 Å². The van der Waals surface area contributed by atoms with Gasteiger partial charge in [0.2, 0.25) is 0 Å². The fourth-order valence-corrected chi connectivity index (χ4v) is 4.81. The molecule has 0 bridgehead atoms. The van der Waals surface area contributed by atoms with Gasteiger partial charge in [0, 0.05) is 4.86 Å². The molecule has 1 unspecified atom stereocenters. The van der Waals surface area contributed by atoms with Gasteiger partial charge in [0.25, 0.3) is 0 Å². The second kappa shape index (κ2) is 14.4. The minimum Gasteiger partial charge on any atom is -0.511 e. The second-order valence-corrected chi connectivity index (χ2v) is 8.77. The topological polar surface area (TPSA) is 20.2 Å². The number of aliphatic hydroxyl groups excluding tert-OH is 1. The van der Waals surface area contributed by atoms with Crippen LogP contribution in [0.1, 0.15) is 124 Å². The molecule has 0 aliphatic heterocycles. The Balaban J connectivity index is 2.66. The summed E-state index contributed by atoms with van der Waals surface area (Å²) in [4.78, 5) is 1.02. The molecule has 1 aliphatic carbocycles. The Labute approximate surface area is 174 Å². The Morgan fingerprint density at radius 2 is 1.15 bits per heavy atom. The first-order chi connectivity index (χ1) is 13.1. The maximum atomic E-state index is 10.9. The first kappa shape index (κ1) is 24.4. The lowest BCUT2D eigenvalue weighted by molar-refractivity contribution is 0.350. The van der Waals surface area contributed by atoms with Crippen molar-refractivity contribution in [1.29, 1.82) is 0 Å². The normalized spacial score (nSPS) is 17.9. The third-order valence-corrected chi connectivity index (χ3v) is 6.66. The lowest BCUT2D eigenvalue weighted by atomic mass is 9.79. The molecule has 0 saturated heterocycles. The number of unbranched alkanes of at least 4 members (excludes halogenated alkanes) is 10. The van der Waals surface area contributed by atoms with Crippen LogP contribution in [0.5, 0.6) is 0 Å². The van der Waals surface area contributed by atoms with Gasteiger partial charge in [-0.2, -0.15) is 0 Å². The third kappa shape index (κ3) is 8.10. The van der Waals surface area contributed by atoms with E-state index in [1.54, 1.807) is 0 Å². The van der Waals surface area contributed by atoms with Crippen LogP contribution in [0.4, 0.5) is 0 Å². The Bertz CT molecular complexity index is 500. The number of aliphatic hydroxyl groups is 1. The van der Waals surface area contributed by atoms with E-state index in [1.807, 2.05) is 0 Å². The molecule has 1 rings (SSSR count). The van der Waals surface area contributed by atoms with Gasteiger partial charge in [-0.1, -0.05) is 97.2 Å². The van der Waals surface area contributed by atoms with Gasteiger partial charge < -0.3 is 5.11 Å². The Kier molecular flexibility index (Phi) is 13.0. The fourth-order valence-electron chi connectivity index (χ4n) is 4.27. The molecule has 2 heteroatoms. The van der Waals surface area contributed by atoms with Gasteiger partial charge in [0.15, 0.2) is 0 Å². The van der Waals surface area contributed by atoms with Crippen LogP contribution in [0.3, 0.4) is 0 Å². The molecule has 0 aromatic carbocycles. The largest absolute Gasteiger partial charge is 0.511 e. The van der Waals surface area contributed by atoms with E-state index in [-0.39, 0.29) is 5.92 Å². The van der Waals surface area contributed by atoms with E-state index in [1.165, 1.54) is 93.8 Å². The van der Waals surface area contributed by atoms with Crippen molar-refractivity contribution in [3.05, 3.63) is 22.5 Å². The van der Waals surface area contributed by atoms with Crippen LogP contribution in [0, 0.1) is 5.92 Å². The summed E-state index contributed by atoms with van der Waals surface area (Å²) >= 11 is 5.81. The van der Waals surface area contributed by atoms with E-state index < -0.39 is 0 Å². The molecule has 0 aromatic heterocycles. The molecule has 0 heterocycles. The Morgan fingerprint density at radius 3 is 1.63 bits per heavy atom. The van der Waals surface area contributed by atoms with Crippen LogP contribution >= 0.6 is 12.2 Å². The first-order valence-electron chi connectivity index (χ1n) is 11.7. The number of rotatable bonds is 15. The fraction of sp³-hybridized carbons (Fsp3) is 0.800. The molecule has 1 N–H and O–H groups in total. The second-order valence-electron chi connectivity index (χ2n) is 8.33. The molecule has 1 atom stereocenters. The summed E-state index contributed by atoms with van der Waals surface area (Å²) in [5, 5.41) is 10.9. The van der Waals surface area contributed by atoms with E-state index in [0.29, 0.717) is 5.76 Å². The zero-order chi connectivity index (χ0) is 20.1. The van der Waals surface area contributed by atoms with E-state index in [4.69, 9.17) is 12.2 Å². The van der Waals surface area contributed by atoms with Crippen LogP contribution in [0.15, 0.2) is 22.5 Å². The molecule has 0 aromatic rings. The van der Waals surface area contributed by atoms with Gasteiger partial charge in [-0.25, -0.2) is 0 Å². The highest BCUT2D eigenvalue weighted by Gasteiger charge is 2.29. The summed E-state index contributed by atoms with van der Waals surface area (Å²) in [6.07, 6.45) is 18.7. The standard InChI is InChI=1S/C25H44OS/c1-5-8-10-12-14-16-18-22-20(4)23(19-17-15-13-11-9-6-2)25(27)21(7-3)24(22)26/h21,26H,5-19H2,1-4H3. The molecule has 0 spiro atoms. The summed E-state index contributed by atoms with van der Waals surface area (Å²) in [5.74, 6) is 0.661. The van der Waals surface area contributed by atoms with Crippen LogP contribution in [-0.2, 0) is 0 Å². The van der Waals surface area contributed by atoms with Crippen LogP contribution in [-0.4, -0.2) is 9.97 Å². The van der Waals surface area contributed by atoms with E-state index in [0.717, 1.165) is 24.1 Å². The summed E-state index contributed by atoms with van der Waals surface area (Å²) in [5.41, 5.74) is 3.89. The average molecular weight is 393 g/mol. The minimum atomic E-state index is 0.0777. The smallest absolute Gasteiger partial charge is 0.104 e. The third-order valence-electron chi connectivity index (χ3n) is 6.13. The number of hydrogen-bond acceptors (Lipinski definition) is 2. The van der Waals surface area contributed by atoms with Gasteiger partial charge in [0.05, 0.1) is 5.92 Å². The van der Waals surface area contributed by atoms with Crippen molar-refractivity contribution in [3.8, 4) is 0 Å². The van der Waals surface area contributed by atoms with E-state index >= 15 is 0 Å². The monoisotopic (exact) mass is 392 g/mol. The predicted molar refractivity (Wildman–Crippen MR) is 125 cm³/mol. The molecule has 1 aliphatic rings. The van der Waals surface area contributed by atoms with Crippen molar-refractivity contribution in [3.63, 3.8) is 0 Å². The first-order valence-corrected chi connectivity index (χ1v) is 12.2. The Morgan fingerprint density at radius 1 is 0.704 bits per heavy atom. The molecule has 0 saturated carbocycles. The lowest BCUT2D eigenvalue weighted by Crippen LogP contribution is -2.24. The van der Waals surface area contributed by atoms with Gasteiger partial charge in [-0.15, -0.1) is 0 Å². The highest BCUT2D eigenvalue weighted by Crippen LogP contribution is 2.38. The molecule has 1 nitrogen and oxygen atoms in total. The van der Waals surface area contributed by atoms with Crippen molar-refractivity contribution < 1.29 is 5.11 Å². The van der Waals surface area contributed by atoms with Crippen LogP contribution in [0.25, 0.3) is 0 Å². The predicted octanol–water partition coefficient (Wildman–Crippen LogP) is 9.03. The SMILES string of the molecule is CCCCCCCCC1=C(C)C(CCCCCCCC)=C(O)C(CC)C1=S. The van der Waals surface area contributed by atoms with Crippen LogP contribution in [0.2, 0.25) is 0 Å². The quantitative estimate of drug-likeness (QED) is 0.221. The molecule has 156 valence electrons. The number of thiocarbonyl (C=S) groups is 1. The minimum absolute atomic E-state index is 0.0777. The van der Waals surface area contributed by atoms with Gasteiger partial charge in [-0.3, -0.25) is 0 Å². The van der Waals surface area contributed by atoms with E-state index in [9.17, 15) is 5.11 Å². The molecular weight excluding hydrogens is 348 g/mol. The zero-order valence-electron chi connectivity index (χ0n) is 18.5.